The molecule has 0 bridgehead atoms. The van der Waals surface area contributed by atoms with E-state index in [9.17, 15) is 0 Å². The van der Waals surface area contributed by atoms with Gasteiger partial charge in [-0.3, -0.25) is 0 Å². The molecule has 1 rings (SSSR count). The highest BCUT2D eigenvalue weighted by molar-refractivity contribution is 6.42. The minimum Gasteiger partial charge on any atom is -0.319 e. The van der Waals surface area contributed by atoms with E-state index in [0.717, 1.165) is 6.54 Å². The maximum atomic E-state index is 5.99. The zero-order valence-electron chi connectivity index (χ0n) is 9.35. The Kier molecular flexibility index (Phi) is 4.91. The Hall–Kier alpha value is -0.240. The molecule has 0 spiro atoms. The molecule has 0 amide bonds. The number of hydrogen-bond acceptors (Lipinski definition) is 1. The van der Waals surface area contributed by atoms with Crippen LogP contribution in [0.2, 0.25) is 10.0 Å². The zero-order chi connectivity index (χ0) is 11.4. The second-order valence-corrected chi connectivity index (χ2v) is 4.81. The highest BCUT2D eigenvalue weighted by atomic mass is 35.5. The molecule has 1 nitrogen and oxygen atoms in total. The van der Waals surface area contributed by atoms with Crippen molar-refractivity contribution in [1.82, 2.24) is 5.32 Å². The normalized spacial score (nSPS) is 15.0. The lowest BCUT2D eigenvalue weighted by Gasteiger charge is -2.20. The molecule has 84 valence electrons. The van der Waals surface area contributed by atoms with Crippen LogP contribution in [0.1, 0.15) is 25.3 Å². The molecule has 1 aromatic rings. The van der Waals surface area contributed by atoms with Gasteiger partial charge in [0.15, 0.2) is 0 Å². The van der Waals surface area contributed by atoms with E-state index in [1.165, 1.54) is 5.56 Å². The molecule has 2 unspecified atom stereocenters. The fourth-order valence-corrected chi connectivity index (χ4v) is 1.93. The molecule has 2 atom stereocenters. The van der Waals surface area contributed by atoms with Crippen LogP contribution in [-0.2, 0) is 0 Å². The second kappa shape index (κ2) is 5.74. The zero-order valence-corrected chi connectivity index (χ0v) is 10.9. The number of rotatable bonds is 4. The van der Waals surface area contributed by atoms with Crippen LogP contribution in [0, 0.1) is 5.92 Å². The largest absolute Gasteiger partial charge is 0.319 e. The minimum atomic E-state index is 0.479. The molecule has 0 fully saturated rings. The lowest BCUT2D eigenvalue weighted by atomic mass is 9.89. The highest BCUT2D eigenvalue weighted by Gasteiger charge is 2.14. The molecule has 0 aliphatic carbocycles. The predicted molar refractivity (Wildman–Crippen MR) is 68.0 cm³/mol. The van der Waals surface area contributed by atoms with Crippen LogP contribution in [0.15, 0.2) is 18.2 Å². The Labute approximate surface area is 102 Å². The molecule has 0 aliphatic rings. The standard InChI is InChI=1S/C12H17Cl2N/c1-8(7-15-3)9(2)10-4-5-11(13)12(14)6-10/h4-6,8-9,15H,7H2,1-3H3. The van der Waals surface area contributed by atoms with Gasteiger partial charge in [-0.1, -0.05) is 43.1 Å². The van der Waals surface area contributed by atoms with Crippen molar-refractivity contribution in [1.29, 1.82) is 0 Å². The summed E-state index contributed by atoms with van der Waals surface area (Å²) in [4.78, 5) is 0. The third-order valence-electron chi connectivity index (χ3n) is 2.85. The summed E-state index contributed by atoms with van der Waals surface area (Å²) in [6, 6.07) is 5.87. The van der Waals surface area contributed by atoms with E-state index in [0.29, 0.717) is 21.9 Å². The Morgan fingerprint density at radius 3 is 2.40 bits per heavy atom. The highest BCUT2D eigenvalue weighted by Crippen LogP contribution is 2.29. The van der Waals surface area contributed by atoms with E-state index in [1.54, 1.807) is 0 Å². The van der Waals surface area contributed by atoms with Crippen LogP contribution in [-0.4, -0.2) is 13.6 Å². The lowest BCUT2D eigenvalue weighted by molar-refractivity contribution is 0.466. The fourth-order valence-electron chi connectivity index (χ4n) is 1.62. The van der Waals surface area contributed by atoms with Gasteiger partial charge in [0.2, 0.25) is 0 Å². The van der Waals surface area contributed by atoms with Crippen LogP contribution in [0.4, 0.5) is 0 Å². The first-order valence-corrected chi connectivity index (χ1v) is 5.91. The average Bonchev–Trinajstić information content (AvgIpc) is 2.21. The van der Waals surface area contributed by atoms with Gasteiger partial charge in [-0.25, -0.2) is 0 Å². The fraction of sp³-hybridized carbons (Fsp3) is 0.500. The molecule has 0 radical (unpaired) electrons. The Balaban J connectivity index is 2.81. The van der Waals surface area contributed by atoms with Gasteiger partial charge in [0.1, 0.15) is 0 Å². The van der Waals surface area contributed by atoms with Crippen molar-refractivity contribution in [2.45, 2.75) is 19.8 Å². The maximum Gasteiger partial charge on any atom is 0.0595 e. The lowest BCUT2D eigenvalue weighted by Crippen LogP contribution is -2.20. The quantitative estimate of drug-likeness (QED) is 0.848. The van der Waals surface area contributed by atoms with Crippen LogP contribution in [0.5, 0.6) is 0 Å². The van der Waals surface area contributed by atoms with Gasteiger partial charge in [-0.05, 0) is 43.1 Å². The van der Waals surface area contributed by atoms with E-state index in [-0.39, 0.29) is 0 Å². The molecule has 0 aliphatic heterocycles. The topological polar surface area (TPSA) is 12.0 Å². The second-order valence-electron chi connectivity index (χ2n) is 4.00. The third kappa shape index (κ3) is 3.37. The van der Waals surface area contributed by atoms with Crippen molar-refractivity contribution in [3.05, 3.63) is 33.8 Å². The van der Waals surface area contributed by atoms with Crippen LogP contribution in [0.25, 0.3) is 0 Å². The summed E-state index contributed by atoms with van der Waals surface area (Å²) < 4.78 is 0. The maximum absolute atomic E-state index is 5.99. The molecule has 15 heavy (non-hydrogen) atoms. The van der Waals surface area contributed by atoms with Crippen molar-refractivity contribution < 1.29 is 0 Å². The van der Waals surface area contributed by atoms with E-state index in [4.69, 9.17) is 23.2 Å². The van der Waals surface area contributed by atoms with Crippen molar-refractivity contribution in [3.8, 4) is 0 Å². The van der Waals surface area contributed by atoms with Gasteiger partial charge in [0.25, 0.3) is 0 Å². The average molecular weight is 246 g/mol. The van der Waals surface area contributed by atoms with Gasteiger partial charge in [0.05, 0.1) is 10.0 Å². The molecule has 0 saturated carbocycles. The predicted octanol–water partition coefficient (Wildman–Crippen LogP) is 3.95. The number of benzene rings is 1. The first-order chi connectivity index (χ1) is 7.06. The SMILES string of the molecule is CNCC(C)C(C)c1ccc(Cl)c(Cl)c1. The van der Waals surface area contributed by atoms with Crippen molar-refractivity contribution in [2.75, 3.05) is 13.6 Å². The first-order valence-electron chi connectivity index (χ1n) is 5.15. The molecule has 0 aromatic heterocycles. The van der Waals surface area contributed by atoms with E-state index in [2.05, 4.69) is 19.2 Å². The molecule has 3 heteroatoms. The van der Waals surface area contributed by atoms with Crippen LogP contribution in [0.3, 0.4) is 0 Å². The number of halogens is 2. The van der Waals surface area contributed by atoms with Crippen LogP contribution >= 0.6 is 23.2 Å². The van der Waals surface area contributed by atoms with Crippen molar-refractivity contribution >= 4 is 23.2 Å². The summed E-state index contributed by atoms with van der Waals surface area (Å²) in [5, 5.41) is 4.44. The molecule has 1 N–H and O–H groups in total. The summed E-state index contributed by atoms with van der Waals surface area (Å²) in [6.45, 7) is 5.44. The summed E-state index contributed by atoms with van der Waals surface area (Å²) in [5.41, 5.74) is 1.24. The number of hydrogen-bond donors (Lipinski definition) is 1. The van der Waals surface area contributed by atoms with Gasteiger partial charge in [-0.15, -0.1) is 0 Å². The third-order valence-corrected chi connectivity index (χ3v) is 3.59. The van der Waals surface area contributed by atoms with Crippen molar-refractivity contribution in [3.63, 3.8) is 0 Å². The molecule has 0 saturated heterocycles. The van der Waals surface area contributed by atoms with Gasteiger partial charge >= 0.3 is 0 Å². The minimum absolute atomic E-state index is 0.479. The summed E-state index contributed by atoms with van der Waals surface area (Å²) in [7, 11) is 1.97. The Bertz CT molecular complexity index is 325. The monoisotopic (exact) mass is 245 g/mol. The Morgan fingerprint density at radius 2 is 1.87 bits per heavy atom. The van der Waals surface area contributed by atoms with Gasteiger partial charge < -0.3 is 5.32 Å². The van der Waals surface area contributed by atoms with Gasteiger partial charge in [-0.2, -0.15) is 0 Å². The van der Waals surface area contributed by atoms with Crippen LogP contribution < -0.4 is 5.32 Å². The molecular formula is C12H17Cl2N. The molecule has 1 aromatic carbocycles. The van der Waals surface area contributed by atoms with E-state index in [1.807, 2.05) is 25.2 Å². The summed E-state index contributed by atoms with van der Waals surface area (Å²) in [6.07, 6.45) is 0. The van der Waals surface area contributed by atoms with Gasteiger partial charge in [0, 0.05) is 0 Å². The summed E-state index contributed by atoms with van der Waals surface area (Å²) in [5.74, 6) is 1.06. The van der Waals surface area contributed by atoms with Crippen molar-refractivity contribution in [2.24, 2.45) is 5.92 Å². The van der Waals surface area contributed by atoms with E-state index >= 15 is 0 Å². The van der Waals surface area contributed by atoms with E-state index < -0.39 is 0 Å². The number of nitrogens with one attached hydrogen (secondary N) is 1. The molecular weight excluding hydrogens is 229 g/mol. The Morgan fingerprint density at radius 1 is 1.20 bits per heavy atom. The molecule has 0 heterocycles. The first kappa shape index (κ1) is 12.8. The summed E-state index contributed by atoms with van der Waals surface area (Å²) >= 11 is 11.9. The smallest absolute Gasteiger partial charge is 0.0595 e.